The Morgan fingerprint density at radius 3 is 2.36 bits per heavy atom. The predicted octanol–water partition coefficient (Wildman–Crippen LogP) is 3.19. The highest BCUT2D eigenvalue weighted by Gasteiger charge is 2.00. The van der Waals surface area contributed by atoms with Gasteiger partial charge in [0.1, 0.15) is 0 Å². The van der Waals surface area contributed by atoms with Gasteiger partial charge in [0.05, 0.1) is 0 Å². The monoisotopic (exact) mass is 455 g/mol. The number of rotatable bonds is 9. The van der Waals surface area contributed by atoms with E-state index in [0.717, 1.165) is 45.0 Å². The molecule has 1 heterocycles. The molecule has 1 aromatic carbocycles. The Bertz CT molecular complexity index is 583. The molecule has 0 amide bonds. The van der Waals surface area contributed by atoms with E-state index in [4.69, 9.17) is 0 Å². The van der Waals surface area contributed by atoms with Crippen LogP contribution in [-0.2, 0) is 6.54 Å². The molecule has 2 aromatic rings. The van der Waals surface area contributed by atoms with Crippen LogP contribution in [0.5, 0.6) is 0 Å². The summed E-state index contributed by atoms with van der Waals surface area (Å²) in [5.41, 5.74) is 1.27. The summed E-state index contributed by atoms with van der Waals surface area (Å²) in [4.78, 5) is 6.56. The topological polar surface area (TPSA) is 44.6 Å². The number of nitrogens with one attached hydrogen (secondary N) is 2. The van der Waals surface area contributed by atoms with Crippen LogP contribution in [0.4, 0.5) is 5.69 Å². The van der Waals surface area contributed by atoms with Crippen LogP contribution in [0.3, 0.4) is 0 Å². The molecule has 138 valence electrons. The zero-order valence-electron chi connectivity index (χ0n) is 15.2. The van der Waals surface area contributed by atoms with E-state index in [1.165, 1.54) is 5.69 Å². The van der Waals surface area contributed by atoms with Gasteiger partial charge in [0, 0.05) is 58.4 Å². The minimum atomic E-state index is 0. The summed E-state index contributed by atoms with van der Waals surface area (Å²) in [5, 5.41) is 6.71. The molecule has 0 fully saturated rings. The largest absolute Gasteiger partial charge is 0.375 e. The van der Waals surface area contributed by atoms with Gasteiger partial charge < -0.3 is 20.1 Å². The number of hydrogen-bond acceptors (Lipinski definition) is 2. The van der Waals surface area contributed by atoms with Crippen molar-refractivity contribution >= 4 is 35.6 Å². The fourth-order valence-electron chi connectivity index (χ4n) is 2.54. The van der Waals surface area contributed by atoms with E-state index in [0.29, 0.717) is 0 Å². The summed E-state index contributed by atoms with van der Waals surface area (Å²) in [5.74, 6) is 0.874. The zero-order chi connectivity index (χ0) is 17.0. The van der Waals surface area contributed by atoms with Crippen molar-refractivity contribution in [1.29, 1.82) is 0 Å². The molecule has 0 radical (unpaired) electrons. The first-order valence-electron chi connectivity index (χ1n) is 8.61. The van der Waals surface area contributed by atoms with Crippen molar-refractivity contribution in [3.05, 3.63) is 54.9 Å². The molecular formula is C19H30IN5. The Hall–Kier alpha value is -1.70. The first kappa shape index (κ1) is 21.3. The first-order valence-corrected chi connectivity index (χ1v) is 8.61. The van der Waals surface area contributed by atoms with Gasteiger partial charge in [-0.05, 0) is 37.1 Å². The highest BCUT2D eigenvalue weighted by Crippen LogP contribution is 2.11. The van der Waals surface area contributed by atoms with Gasteiger partial charge in [-0.2, -0.15) is 0 Å². The molecule has 1 aromatic heterocycles. The quantitative estimate of drug-likeness (QED) is 0.264. The van der Waals surface area contributed by atoms with E-state index >= 15 is 0 Å². The summed E-state index contributed by atoms with van der Waals surface area (Å²) >= 11 is 0. The summed E-state index contributed by atoms with van der Waals surface area (Å²) in [6, 6.07) is 14.6. The van der Waals surface area contributed by atoms with Crippen molar-refractivity contribution in [1.82, 2.24) is 15.2 Å². The lowest BCUT2D eigenvalue weighted by Crippen LogP contribution is -2.39. The molecule has 25 heavy (non-hydrogen) atoms. The second-order valence-corrected chi connectivity index (χ2v) is 5.81. The minimum Gasteiger partial charge on any atom is -0.375 e. The smallest absolute Gasteiger partial charge is 0.191 e. The van der Waals surface area contributed by atoms with Gasteiger partial charge in [-0.15, -0.1) is 24.0 Å². The van der Waals surface area contributed by atoms with E-state index in [2.05, 4.69) is 74.9 Å². The number of aliphatic imine (C=N–C) groups is 1. The average molecular weight is 455 g/mol. The number of aromatic nitrogens is 1. The summed E-state index contributed by atoms with van der Waals surface area (Å²) < 4.78 is 2.15. The molecular weight excluding hydrogens is 425 g/mol. The number of guanidine groups is 1. The van der Waals surface area contributed by atoms with Gasteiger partial charge in [-0.1, -0.05) is 18.2 Å². The molecule has 0 unspecified atom stereocenters. The Balaban J connectivity index is 0.00000312. The van der Waals surface area contributed by atoms with E-state index in [1.807, 2.05) is 19.2 Å². The van der Waals surface area contributed by atoms with E-state index in [9.17, 15) is 0 Å². The molecule has 0 saturated carbocycles. The molecule has 0 atom stereocenters. The van der Waals surface area contributed by atoms with E-state index in [-0.39, 0.29) is 24.0 Å². The zero-order valence-corrected chi connectivity index (χ0v) is 17.5. The highest BCUT2D eigenvalue weighted by atomic mass is 127. The van der Waals surface area contributed by atoms with Crippen LogP contribution in [0.15, 0.2) is 59.9 Å². The van der Waals surface area contributed by atoms with Crippen LogP contribution < -0.4 is 15.5 Å². The molecule has 0 aliphatic carbocycles. The van der Waals surface area contributed by atoms with Crippen molar-refractivity contribution in [2.45, 2.75) is 19.4 Å². The maximum absolute atomic E-state index is 4.26. The molecule has 2 rings (SSSR count). The molecule has 0 aliphatic heterocycles. The molecule has 0 aliphatic rings. The van der Waals surface area contributed by atoms with Crippen LogP contribution in [0, 0.1) is 0 Å². The molecule has 0 spiro atoms. The van der Waals surface area contributed by atoms with Gasteiger partial charge in [-0.3, -0.25) is 4.99 Å². The van der Waals surface area contributed by atoms with E-state index < -0.39 is 0 Å². The Morgan fingerprint density at radius 2 is 1.68 bits per heavy atom. The summed E-state index contributed by atoms with van der Waals surface area (Å²) in [6.45, 7) is 3.80. The molecule has 6 heteroatoms. The number of benzene rings is 1. The van der Waals surface area contributed by atoms with Crippen molar-refractivity contribution in [2.24, 2.45) is 4.99 Å². The van der Waals surface area contributed by atoms with Crippen LogP contribution in [0.2, 0.25) is 0 Å². The van der Waals surface area contributed by atoms with Crippen LogP contribution >= 0.6 is 24.0 Å². The Labute approximate surface area is 168 Å². The molecule has 5 nitrogen and oxygen atoms in total. The van der Waals surface area contributed by atoms with Crippen LogP contribution in [-0.4, -0.2) is 44.3 Å². The Kier molecular flexibility index (Phi) is 10.8. The van der Waals surface area contributed by atoms with Crippen molar-refractivity contribution in [3.63, 3.8) is 0 Å². The number of anilines is 1. The number of unbranched alkanes of at least 4 members (excludes halogenated alkanes) is 1. The number of para-hydroxylation sites is 1. The van der Waals surface area contributed by atoms with E-state index in [1.54, 1.807) is 0 Å². The maximum Gasteiger partial charge on any atom is 0.191 e. The first-order chi connectivity index (χ1) is 11.8. The van der Waals surface area contributed by atoms with Gasteiger partial charge in [0.2, 0.25) is 0 Å². The van der Waals surface area contributed by atoms with Crippen LogP contribution in [0.1, 0.15) is 12.8 Å². The van der Waals surface area contributed by atoms with Crippen LogP contribution in [0.25, 0.3) is 0 Å². The average Bonchev–Trinajstić information content (AvgIpc) is 3.14. The number of nitrogens with zero attached hydrogens (tertiary/aromatic N) is 3. The van der Waals surface area contributed by atoms with Gasteiger partial charge >= 0.3 is 0 Å². The normalized spacial score (nSPS) is 10.9. The summed E-state index contributed by atoms with van der Waals surface area (Å²) in [7, 11) is 3.96. The lowest BCUT2D eigenvalue weighted by molar-refractivity contribution is 0.652. The summed E-state index contributed by atoms with van der Waals surface area (Å²) in [6.07, 6.45) is 6.41. The number of halogens is 1. The minimum absolute atomic E-state index is 0. The van der Waals surface area contributed by atoms with Crippen molar-refractivity contribution in [3.8, 4) is 0 Å². The second kappa shape index (κ2) is 12.6. The van der Waals surface area contributed by atoms with Gasteiger partial charge in [-0.25, -0.2) is 0 Å². The predicted molar refractivity (Wildman–Crippen MR) is 118 cm³/mol. The standard InChI is InChI=1S/C19H29N5.HI/c1-20-19(22-13-17-24-15-8-9-16-24)21-12-6-7-14-23(2)18-10-4-3-5-11-18;/h3-5,8-11,15-16H,6-7,12-14,17H2,1-2H3,(H2,20,21,22);1H. The van der Waals surface area contributed by atoms with Crippen molar-refractivity contribution < 1.29 is 0 Å². The molecule has 0 saturated heterocycles. The van der Waals surface area contributed by atoms with Gasteiger partial charge in [0.25, 0.3) is 0 Å². The third-order valence-corrected chi connectivity index (χ3v) is 3.96. The Morgan fingerprint density at radius 1 is 1.00 bits per heavy atom. The third kappa shape index (κ3) is 8.29. The lowest BCUT2D eigenvalue weighted by Gasteiger charge is -2.19. The second-order valence-electron chi connectivity index (χ2n) is 5.81. The number of hydrogen-bond donors (Lipinski definition) is 2. The fourth-order valence-corrected chi connectivity index (χ4v) is 2.54. The third-order valence-electron chi connectivity index (χ3n) is 3.96. The fraction of sp³-hybridized carbons (Fsp3) is 0.421. The molecule has 0 bridgehead atoms. The molecule has 2 N–H and O–H groups in total. The highest BCUT2D eigenvalue weighted by molar-refractivity contribution is 14.0. The SMILES string of the molecule is CN=C(NCCCCN(C)c1ccccc1)NCCn1cccc1.I. The van der Waals surface area contributed by atoms with Gasteiger partial charge in [0.15, 0.2) is 5.96 Å². The maximum atomic E-state index is 4.26. The lowest BCUT2D eigenvalue weighted by atomic mass is 10.2. The van der Waals surface area contributed by atoms with Crippen molar-refractivity contribution in [2.75, 3.05) is 38.6 Å².